The van der Waals surface area contributed by atoms with Gasteiger partial charge in [-0.05, 0) is 17.7 Å². The maximum absolute atomic E-state index is 10.9. The number of hydrogen-bond donors (Lipinski definition) is 3. The zero-order valence-electron chi connectivity index (χ0n) is 8.11. The highest BCUT2D eigenvalue weighted by atomic mass is 79.9. The molecule has 1 rings (SSSR count). The minimum Gasteiger partial charge on any atom is -0.351 e. The molecule has 0 unspecified atom stereocenters. The Morgan fingerprint density at radius 1 is 1.31 bits per heavy atom. The molecule has 6 nitrogen and oxygen atoms in total. The summed E-state index contributed by atoms with van der Waals surface area (Å²) in [5, 5.41) is 5.42. The largest absolute Gasteiger partial charge is 0.351 e. The maximum atomic E-state index is 10.9. The predicted molar refractivity (Wildman–Crippen MR) is 63.0 cm³/mol. The second-order valence-electron chi connectivity index (χ2n) is 2.74. The molecule has 0 spiro atoms. The molecule has 84 valence electrons. The van der Waals surface area contributed by atoms with Crippen LogP contribution in [0.3, 0.4) is 0 Å². The van der Waals surface area contributed by atoms with E-state index in [-0.39, 0.29) is 0 Å². The van der Waals surface area contributed by atoms with Gasteiger partial charge in [0, 0.05) is 4.47 Å². The molecule has 0 aliphatic carbocycles. The van der Waals surface area contributed by atoms with Gasteiger partial charge >= 0.3 is 12.1 Å². The van der Waals surface area contributed by atoms with Gasteiger partial charge in [-0.1, -0.05) is 28.1 Å². The number of amides is 4. The van der Waals surface area contributed by atoms with Crippen molar-refractivity contribution in [3.8, 4) is 0 Å². The van der Waals surface area contributed by atoms with Crippen LogP contribution in [-0.4, -0.2) is 18.3 Å². The third kappa shape index (κ3) is 4.56. The van der Waals surface area contributed by atoms with Gasteiger partial charge < -0.3 is 5.73 Å². The van der Waals surface area contributed by atoms with Gasteiger partial charge in [-0.15, -0.1) is 0 Å². The van der Waals surface area contributed by atoms with E-state index >= 15 is 0 Å². The monoisotopic (exact) mass is 284 g/mol. The van der Waals surface area contributed by atoms with Crippen LogP contribution in [0.25, 0.3) is 0 Å². The van der Waals surface area contributed by atoms with Crippen molar-refractivity contribution in [1.29, 1.82) is 0 Å². The zero-order chi connectivity index (χ0) is 12.0. The molecular formula is C9H9BrN4O2. The van der Waals surface area contributed by atoms with Crippen molar-refractivity contribution in [1.82, 2.24) is 10.7 Å². The number of carbonyl (C=O) groups excluding carboxylic acids is 2. The van der Waals surface area contributed by atoms with Crippen molar-refractivity contribution in [2.75, 3.05) is 0 Å². The van der Waals surface area contributed by atoms with Gasteiger partial charge in [-0.2, -0.15) is 5.10 Å². The minimum atomic E-state index is -0.934. The molecule has 0 fully saturated rings. The van der Waals surface area contributed by atoms with E-state index in [2.05, 4.69) is 26.5 Å². The first kappa shape index (κ1) is 12.2. The molecule has 16 heavy (non-hydrogen) atoms. The first-order chi connectivity index (χ1) is 7.58. The number of imide groups is 1. The molecular weight excluding hydrogens is 276 g/mol. The van der Waals surface area contributed by atoms with Gasteiger partial charge in [0.05, 0.1) is 6.21 Å². The van der Waals surface area contributed by atoms with Crippen molar-refractivity contribution >= 4 is 34.2 Å². The Morgan fingerprint density at radius 2 is 1.94 bits per heavy atom. The van der Waals surface area contributed by atoms with Crippen LogP contribution in [0.1, 0.15) is 5.56 Å². The van der Waals surface area contributed by atoms with E-state index < -0.39 is 12.1 Å². The lowest BCUT2D eigenvalue weighted by Gasteiger charge is -1.98. The number of nitrogens with two attached hydrogens (primary N) is 1. The third-order valence-electron chi connectivity index (χ3n) is 1.49. The van der Waals surface area contributed by atoms with Crippen molar-refractivity contribution < 1.29 is 9.59 Å². The molecule has 4 amide bonds. The third-order valence-corrected chi connectivity index (χ3v) is 2.02. The summed E-state index contributed by atoms with van der Waals surface area (Å²) < 4.78 is 0.948. The highest BCUT2D eigenvalue weighted by Gasteiger charge is 1.99. The van der Waals surface area contributed by atoms with E-state index in [4.69, 9.17) is 5.73 Å². The lowest BCUT2D eigenvalue weighted by atomic mass is 10.2. The highest BCUT2D eigenvalue weighted by molar-refractivity contribution is 9.10. The summed E-state index contributed by atoms with van der Waals surface area (Å²) in [5.74, 6) is 0. The Kier molecular flexibility index (Phi) is 4.46. The number of urea groups is 2. The van der Waals surface area contributed by atoms with E-state index in [9.17, 15) is 9.59 Å². The van der Waals surface area contributed by atoms with Gasteiger partial charge in [0.15, 0.2) is 0 Å². The van der Waals surface area contributed by atoms with Crippen molar-refractivity contribution in [2.24, 2.45) is 10.8 Å². The number of primary amides is 1. The maximum Gasteiger partial charge on any atom is 0.343 e. The molecule has 7 heteroatoms. The summed E-state index contributed by atoms with van der Waals surface area (Å²) in [5.41, 5.74) is 7.62. The van der Waals surface area contributed by atoms with Gasteiger partial charge in [-0.25, -0.2) is 15.0 Å². The Hall–Kier alpha value is -1.89. The van der Waals surface area contributed by atoms with Crippen LogP contribution in [0.4, 0.5) is 9.59 Å². The van der Waals surface area contributed by atoms with Gasteiger partial charge in [0.1, 0.15) is 0 Å². The van der Waals surface area contributed by atoms with Crippen LogP contribution < -0.4 is 16.5 Å². The molecule has 0 bridgehead atoms. The summed E-state index contributed by atoms with van der Waals surface area (Å²) >= 11 is 3.29. The Bertz CT molecular complexity index is 416. The van der Waals surface area contributed by atoms with Crippen molar-refractivity contribution in [3.05, 3.63) is 34.3 Å². The first-order valence-corrected chi connectivity index (χ1v) is 5.02. The van der Waals surface area contributed by atoms with Crippen LogP contribution in [0.15, 0.2) is 33.8 Å². The summed E-state index contributed by atoms with van der Waals surface area (Å²) in [6.07, 6.45) is 1.44. The van der Waals surface area contributed by atoms with E-state index in [1.54, 1.807) is 17.4 Å². The second kappa shape index (κ2) is 5.86. The van der Waals surface area contributed by atoms with Crippen LogP contribution in [0, 0.1) is 0 Å². The molecule has 0 aliphatic heterocycles. The summed E-state index contributed by atoms with van der Waals surface area (Å²) in [6, 6.07) is 5.58. The number of carbonyl (C=O) groups is 2. The number of hydrazone groups is 1. The molecule has 0 saturated heterocycles. The standard InChI is InChI=1S/C9H9BrN4O2/c10-7-3-1-6(2-4-7)5-12-14-9(16)13-8(11)15/h1-5H,(H4,11,13,14,15,16). The fourth-order valence-corrected chi connectivity index (χ4v) is 1.12. The molecule has 0 aliphatic rings. The van der Waals surface area contributed by atoms with Crippen LogP contribution in [-0.2, 0) is 0 Å². The fraction of sp³-hybridized carbons (Fsp3) is 0. The predicted octanol–water partition coefficient (Wildman–Crippen LogP) is 1.16. The zero-order valence-corrected chi connectivity index (χ0v) is 9.69. The summed E-state index contributed by atoms with van der Waals surface area (Å²) in [6.45, 7) is 0. The second-order valence-corrected chi connectivity index (χ2v) is 3.66. The van der Waals surface area contributed by atoms with E-state index in [0.717, 1.165) is 10.0 Å². The average Bonchev–Trinajstić information content (AvgIpc) is 2.20. The molecule has 0 heterocycles. The van der Waals surface area contributed by atoms with Gasteiger partial charge in [0.2, 0.25) is 0 Å². The average molecular weight is 285 g/mol. The lowest BCUT2D eigenvalue weighted by molar-refractivity contribution is 0.232. The Balaban J connectivity index is 2.45. The van der Waals surface area contributed by atoms with Crippen molar-refractivity contribution in [3.63, 3.8) is 0 Å². The molecule has 4 N–H and O–H groups in total. The van der Waals surface area contributed by atoms with Gasteiger partial charge in [-0.3, -0.25) is 5.32 Å². The van der Waals surface area contributed by atoms with E-state index in [0.29, 0.717) is 0 Å². The lowest BCUT2D eigenvalue weighted by Crippen LogP contribution is -2.40. The molecule has 0 radical (unpaired) electrons. The number of halogens is 1. The van der Waals surface area contributed by atoms with Crippen LogP contribution >= 0.6 is 15.9 Å². The fourth-order valence-electron chi connectivity index (χ4n) is 0.854. The summed E-state index contributed by atoms with van der Waals surface area (Å²) in [4.78, 5) is 21.1. The molecule has 0 saturated carbocycles. The van der Waals surface area contributed by atoms with Crippen LogP contribution in [0.5, 0.6) is 0 Å². The van der Waals surface area contributed by atoms with Gasteiger partial charge in [0.25, 0.3) is 0 Å². The molecule has 0 atom stereocenters. The number of nitrogens with one attached hydrogen (secondary N) is 2. The quantitative estimate of drug-likeness (QED) is 0.561. The molecule has 1 aromatic rings. The minimum absolute atomic E-state index is 0.777. The number of nitrogens with zero attached hydrogens (tertiary/aromatic N) is 1. The Labute approximate surface area is 100 Å². The normalized spacial score (nSPS) is 10.1. The SMILES string of the molecule is NC(=O)NC(=O)NN=Cc1ccc(Br)cc1. The van der Waals surface area contributed by atoms with E-state index in [1.165, 1.54) is 6.21 Å². The van der Waals surface area contributed by atoms with E-state index in [1.807, 2.05) is 12.1 Å². The highest BCUT2D eigenvalue weighted by Crippen LogP contribution is 2.08. The topological polar surface area (TPSA) is 96.6 Å². The molecule has 1 aromatic carbocycles. The number of rotatable bonds is 2. The number of benzene rings is 1. The first-order valence-electron chi connectivity index (χ1n) is 4.23. The summed E-state index contributed by atoms with van der Waals surface area (Å²) in [7, 11) is 0. The van der Waals surface area contributed by atoms with Crippen molar-refractivity contribution in [2.45, 2.75) is 0 Å². The molecule has 0 aromatic heterocycles. The Morgan fingerprint density at radius 3 is 2.50 bits per heavy atom. The number of hydrogen-bond acceptors (Lipinski definition) is 3. The van der Waals surface area contributed by atoms with Crippen LogP contribution in [0.2, 0.25) is 0 Å². The smallest absolute Gasteiger partial charge is 0.343 e.